The lowest BCUT2D eigenvalue weighted by Gasteiger charge is -2.19. The Morgan fingerprint density at radius 1 is 1.39 bits per heavy atom. The second-order valence-electron chi connectivity index (χ2n) is 3.69. The average Bonchev–Trinajstić information content (AvgIpc) is 2.40. The third kappa shape index (κ3) is 4.20. The van der Waals surface area contributed by atoms with Crippen LogP contribution in [0.1, 0.15) is 20.3 Å². The van der Waals surface area contributed by atoms with Crippen molar-refractivity contribution in [3.05, 3.63) is 12.4 Å². The number of ether oxygens (including phenoxy) is 1. The van der Waals surface area contributed by atoms with Gasteiger partial charge in [0.1, 0.15) is 18.0 Å². The molecule has 0 radical (unpaired) electrons. The zero-order chi connectivity index (χ0) is 13.4. The first-order valence-corrected chi connectivity index (χ1v) is 6.08. The second-order valence-corrected chi connectivity index (χ2v) is 3.69. The average molecular weight is 252 g/mol. The molecule has 1 aromatic rings. The Morgan fingerprint density at radius 2 is 2.11 bits per heavy atom. The number of rotatable bonds is 7. The summed E-state index contributed by atoms with van der Waals surface area (Å²) < 4.78 is 4.56. The van der Waals surface area contributed by atoms with Gasteiger partial charge in [-0.3, -0.25) is 4.79 Å². The maximum absolute atomic E-state index is 11.0. The zero-order valence-corrected chi connectivity index (χ0v) is 11.1. The van der Waals surface area contributed by atoms with Crippen LogP contribution in [-0.2, 0) is 9.53 Å². The maximum Gasteiger partial charge on any atom is 0.307 e. The molecular weight excluding hydrogens is 232 g/mol. The summed E-state index contributed by atoms with van der Waals surface area (Å²) in [5.74, 6) is 1.37. The lowest BCUT2D eigenvalue weighted by Crippen LogP contribution is -2.23. The smallest absolute Gasteiger partial charge is 0.307 e. The summed E-state index contributed by atoms with van der Waals surface area (Å²) in [6, 6.07) is 1.88. The van der Waals surface area contributed by atoms with Gasteiger partial charge in [0, 0.05) is 25.7 Å². The molecule has 0 spiro atoms. The van der Waals surface area contributed by atoms with Crippen molar-refractivity contribution in [2.24, 2.45) is 0 Å². The summed E-state index contributed by atoms with van der Waals surface area (Å²) in [6.07, 6.45) is 1.84. The van der Waals surface area contributed by atoms with Gasteiger partial charge in [-0.15, -0.1) is 0 Å². The van der Waals surface area contributed by atoms with Gasteiger partial charge in [-0.2, -0.15) is 0 Å². The molecule has 1 N–H and O–H groups in total. The topological polar surface area (TPSA) is 67.4 Å². The van der Waals surface area contributed by atoms with E-state index in [9.17, 15) is 4.79 Å². The number of methoxy groups -OCH3 is 1. The molecule has 0 aromatic carbocycles. The number of nitrogens with zero attached hydrogens (tertiary/aromatic N) is 3. The molecular formula is C12H20N4O2. The molecule has 0 unspecified atom stereocenters. The first kappa shape index (κ1) is 14.2. The van der Waals surface area contributed by atoms with Crippen LogP contribution in [0.2, 0.25) is 0 Å². The van der Waals surface area contributed by atoms with E-state index in [4.69, 9.17) is 0 Å². The molecule has 0 aliphatic carbocycles. The van der Waals surface area contributed by atoms with Crippen LogP contribution in [-0.4, -0.2) is 42.7 Å². The standard InChI is InChI=1S/C12H20N4O2/c1-4-16(5-2)11-8-10(14-9-15-11)13-7-6-12(17)18-3/h8-9H,4-7H2,1-3H3,(H,13,14,15). The van der Waals surface area contributed by atoms with Gasteiger partial charge in [0.2, 0.25) is 0 Å². The minimum Gasteiger partial charge on any atom is -0.469 e. The molecule has 1 heterocycles. The van der Waals surface area contributed by atoms with Gasteiger partial charge < -0.3 is 15.0 Å². The van der Waals surface area contributed by atoms with Gasteiger partial charge in [-0.25, -0.2) is 9.97 Å². The zero-order valence-electron chi connectivity index (χ0n) is 11.1. The summed E-state index contributed by atoms with van der Waals surface area (Å²) >= 11 is 0. The third-order valence-electron chi connectivity index (χ3n) is 2.60. The molecule has 0 aliphatic rings. The van der Waals surface area contributed by atoms with Gasteiger partial charge >= 0.3 is 5.97 Å². The Morgan fingerprint density at radius 3 is 2.72 bits per heavy atom. The van der Waals surface area contributed by atoms with Gasteiger partial charge in [0.25, 0.3) is 0 Å². The van der Waals surface area contributed by atoms with Crippen LogP contribution < -0.4 is 10.2 Å². The first-order chi connectivity index (χ1) is 8.71. The largest absolute Gasteiger partial charge is 0.469 e. The fourth-order valence-corrected chi connectivity index (χ4v) is 1.56. The second kappa shape index (κ2) is 7.47. The minimum atomic E-state index is -0.236. The van der Waals surface area contributed by atoms with E-state index in [0.717, 1.165) is 24.7 Å². The SMILES string of the molecule is CCN(CC)c1cc(NCCC(=O)OC)ncn1. The van der Waals surface area contributed by atoms with Crippen molar-refractivity contribution < 1.29 is 9.53 Å². The molecule has 0 saturated heterocycles. The van der Waals surface area contributed by atoms with Crippen molar-refractivity contribution in [1.82, 2.24) is 9.97 Å². The number of aromatic nitrogens is 2. The molecule has 1 aromatic heterocycles. The van der Waals surface area contributed by atoms with E-state index in [0.29, 0.717) is 13.0 Å². The van der Waals surface area contributed by atoms with E-state index >= 15 is 0 Å². The predicted molar refractivity (Wildman–Crippen MR) is 70.7 cm³/mol. The highest BCUT2D eigenvalue weighted by atomic mass is 16.5. The van der Waals surface area contributed by atoms with Gasteiger partial charge in [-0.05, 0) is 13.8 Å². The molecule has 0 aliphatic heterocycles. The Kier molecular flexibility index (Phi) is 5.90. The molecule has 0 atom stereocenters. The third-order valence-corrected chi connectivity index (χ3v) is 2.60. The number of esters is 1. The van der Waals surface area contributed by atoms with Crippen LogP contribution in [0.4, 0.5) is 11.6 Å². The predicted octanol–water partition coefficient (Wildman–Crippen LogP) is 1.30. The minimum absolute atomic E-state index is 0.236. The van der Waals surface area contributed by atoms with E-state index in [2.05, 4.69) is 38.8 Å². The molecule has 6 heteroatoms. The highest BCUT2D eigenvalue weighted by Gasteiger charge is 2.05. The fraction of sp³-hybridized carbons (Fsp3) is 0.583. The first-order valence-electron chi connectivity index (χ1n) is 6.08. The van der Waals surface area contributed by atoms with Crippen molar-refractivity contribution in [3.63, 3.8) is 0 Å². The van der Waals surface area contributed by atoms with Gasteiger partial charge in [-0.1, -0.05) is 0 Å². The van der Waals surface area contributed by atoms with Gasteiger partial charge in [0.15, 0.2) is 0 Å². The lowest BCUT2D eigenvalue weighted by atomic mass is 10.4. The highest BCUT2D eigenvalue weighted by Crippen LogP contribution is 2.13. The summed E-state index contributed by atoms with van der Waals surface area (Å²) in [6.45, 7) is 6.46. The maximum atomic E-state index is 11.0. The lowest BCUT2D eigenvalue weighted by molar-refractivity contribution is -0.140. The number of carbonyl (C=O) groups excluding carboxylic acids is 1. The Balaban J connectivity index is 2.56. The van der Waals surface area contributed by atoms with Gasteiger partial charge in [0.05, 0.1) is 13.5 Å². The van der Waals surface area contributed by atoms with Crippen LogP contribution >= 0.6 is 0 Å². The molecule has 0 fully saturated rings. The molecule has 0 saturated carbocycles. The molecule has 0 bridgehead atoms. The molecule has 0 amide bonds. The van der Waals surface area contributed by atoms with Crippen molar-refractivity contribution in [1.29, 1.82) is 0 Å². The number of carbonyl (C=O) groups is 1. The Hall–Kier alpha value is -1.85. The van der Waals surface area contributed by atoms with Crippen molar-refractivity contribution in [3.8, 4) is 0 Å². The van der Waals surface area contributed by atoms with Crippen molar-refractivity contribution in [2.45, 2.75) is 20.3 Å². The molecule has 100 valence electrons. The van der Waals surface area contributed by atoms with Crippen LogP contribution in [0.15, 0.2) is 12.4 Å². The molecule has 18 heavy (non-hydrogen) atoms. The fourth-order valence-electron chi connectivity index (χ4n) is 1.56. The van der Waals surface area contributed by atoms with E-state index in [1.165, 1.54) is 13.4 Å². The van der Waals surface area contributed by atoms with Crippen molar-refractivity contribution in [2.75, 3.05) is 37.0 Å². The van der Waals surface area contributed by atoms with Crippen LogP contribution in [0.3, 0.4) is 0 Å². The highest BCUT2D eigenvalue weighted by molar-refractivity contribution is 5.69. The summed E-state index contributed by atoms with van der Waals surface area (Å²) in [5, 5.41) is 3.07. The van der Waals surface area contributed by atoms with Crippen LogP contribution in [0.5, 0.6) is 0 Å². The molecule has 1 rings (SSSR count). The summed E-state index contributed by atoms with van der Waals surface area (Å²) in [4.78, 5) is 21.4. The Bertz CT molecular complexity index is 380. The summed E-state index contributed by atoms with van der Waals surface area (Å²) in [7, 11) is 1.38. The van der Waals surface area contributed by atoms with E-state index in [-0.39, 0.29) is 5.97 Å². The number of hydrogen-bond acceptors (Lipinski definition) is 6. The van der Waals surface area contributed by atoms with E-state index < -0.39 is 0 Å². The monoisotopic (exact) mass is 252 g/mol. The van der Waals surface area contributed by atoms with Crippen molar-refractivity contribution >= 4 is 17.6 Å². The quantitative estimate of drug-likeness (QED) is 0.738. The number of hydrogen-bond donors (Lipinski definition) is 1. The number of anilines is 2. The molecule has 6 nitrogen and oxygen atoms in total. The number of nitrogens with one attached hydrogen (secondary N) is 1. The van der Waals surface area contributed by atoms with Crippen LogP contribution in [0.25, 0.3) is 0 Å². The normalized spacial score (nSPS) is 9.94. The van der Waals surface area contributed by atoms with Crippen LogP contribution in [0, 0.1) is 0 Å². The van der Waals surface area contributed by atoms with E-state index in [1.54, 1.807) is 0 Å². The summed E-state index contributed by atoms with van der Waals surface area (Å²) in [5.41, 5.74) is 0. The van der Waals surface area contributed by atoms with E-state index in [1.807, 2.05) is 6.07 Å². The Labute approximate surface area is 107 Å².